The zero-order chi connectivity index (χ0) is 23.4. The zero-order valence-corrected chi connectivity index (χ0v) is 19.8. The fraction of sp³-hybridized carbons (Fsp3) is 0.375. The van der Waals surface area contributed by atoms with Gasteiger partial charge in [0.2, 0.25) is 10.0 Å². The standard InChI is InChI=1S/C24H29N5O3S/c1-3-28(4-2)33(31,32)21-15-11-19(12-16-21)24(30)25-20-13-9-18(10-14-20)23-27-26-22-8-6-5-7-17-29(22)23/h9-16H,3-8,17H2,1-2H3,(H,25,30). The van der Waals surface area contributed by atoms with Crippen molar-refractivity contribution in [1.82, 2.24) is 19.1 Å². The number of carbonyl (C=O) groups excluding carboxylic acids is 1. The van der Waals surface area contributed by atoms with E-state index in [1.807, 2.05) is 24.3 Å². The summed E-state index contributed by atoms with van der Waals surface area (Å²) in [7, 11) is -3.55. The minimum absolute atomic E-state index is 0.180. The number of hydrogen-bond acceptors (Lipinski definition) is 5. The van der Waals surface area contributed by atoms with Gasteiger partial charge in [-0.15, -0.1) is 10.2 Å². The SMILES string of the molecule is CCN(CC)S(=O)(=O)c1ccc(C(=O)Nc2ccc(-c3nnc4n3CCCCC4)cc2)cc1. The van der Waals surface area contributed by atoms with E-state index >= 15 is 0 Å². The maximum atomic E-state index is 12.7. The molecular formula is C24H29N5O3S. The van der Waals surface area contributed by atoms with Crippen LogP contribution in [0.15, 0.2) is 53.4 Å². The predicted octanol–water partition coefficient (Wildman–Crippen LogP) is 3.95. The van der Waals surface area contributed by atoms with Gasteiger partial charge in [0, 0.05) is 42.9 Å². The Morgan fingerprint density at radius 2 is 1.67 bits per heavy atom. The summed E-state index contributed by atoms with van der Waals surface area (Å²) in [5.74, 6) is 1.59. The summed E-state index contributed by atoms with van der Waals surface area (Å²) in [6.07, 6.45) is 4.43. The van der Waals surface area contributed by atoms with Gasteiger partial charge < -0.3 is 9.88 Å². The molecule has 2 heterocycles. The summed E-state index contributed by atoms with van der Waals surface area (Å²) < 4.78 is 28.8. The Morgan fingerprint density at radius 1 is 0.970 bits per heavy atom. The maximum absolute atomic E-state index is 12.7. The van der Waals surface area contributed by atoms with E-state index in [1.165, 1.54) is 35.0 Å². The number of nitrogens with zero attached hydrogens (tertiary/aromatic N) is 4. The Labute approximate surface area is 194 Å². The van der Waals surface area contributed by atoms with Crippen molar-refractivity contribution < 1.29 is 13.2 Å². The smallest absolute Gasteiger partial charge is 0.255 e. The summed E-state index contributed by atoms with van der Waals surface area (Å²) in [4.78, 5) is 12.8. The van der Waals surface area contributed by atoms with Crippen molar-refractivity contribution in [3.05, 3.63) is 59.9 Å². The minimum Gasteiger partial charge on any atom is -0.322 e. The lowest BCUT2D eigenvalue weighted by atomic mass is 10.1. The summed E-state index contributed by atoms with van der Waals surface area (Å²) in [6, 6.07) is 13.5. The summed E-state index contributed by atoms with van der Waals surface area (Å²) in [5, 5.41) is 11.6. The molecule has 3 aromatic rings. The molecule has 0 spiro atoms. The molecule has 1 amide bonds. The maximum Gasteiger partial charge on any atom is 0.255 e. The van der Waals surface area contributed by atoms with Crippen molar-refractivity contribution in [2.75, 3.05) is 18.4 Å². The first kappa shape index (κ1) is 23.1. The average Bonchev–Trinajstić information content (AvgIpc) is 3.08. The van der Waals surface area contributed by atoms with Crippen molar-refractivity contribution >= 4 is 21.6 Å². The lowest BCUT2D eigenvalue weighted by Crippen LogP contribution is -2.30. The first-order chi connectivity index (χ1) is 15.9. The van der Waals surface area contributed by atoms with Crippen molar-refractivity contribution in [1.29, 1.82) is 0 Å². The second-order valence-electron chi connectivity index (χ2n) is 8.05. The highest BCUT2D eigenvalue weighted by molar-refractivity contribution is 7.89. The predicted molar refractivity (Wildman–Crippen MR) is 128 cm³/mol. The van der Waals surface area contributed by atoms with E-state index in [-0.39, 0.29) is 10.8 Å². The molecule has 1 N–H and O–H groups in total. The molecule has 0 radical (unpaired) electrons. The van der Waals surface area contributed by atoms with Crippen LogP contribution in [-0.2, 0) is 23.0 Å². The number of fused-ring (bicyclic) bond motifs is 1. The molecule has 9 heteroatoms. The Balaban J connectivity index is 1.46. The van der Waals surface area contributed by atoms with Crippen molar-refractivity contribution in [3.8, 4) is 11.4 Å². The summed E-state index contributed by atoms with van der Waals surface area (Å²) in [6.45, 7) is 5.32. The number of aryl methyl sites for hydroxylation is 1. The summed E-state index contributed by atoms with van der Waals surface area (Å²) in [5.41, 5.74) is 2.00. The monoisotopic (exact) mass is 467 g/mol. The van der Waals surface area contributed by atoms with Crippen LogP contribution in [0, 0.1) is 0 Å². The molecule has 0 atom stereocenters. The topological polar surface area (TPSA) is 97.2 Å². The van der Waals surface area contributed by atoms with Crippen molar-refractivity contribution in [2.24, 2.45) is 0 Å². The average molecular weight is 468 g/mol. The van der Waals surface area contributed by atoms with Crippen LogP contribution in [0.3, 0.4) is 0 Å². The van der Waals surface area contributed by atoms with E-state index in [1.54, 1.807) is 13.8 Å². The highest BCUT2D eigenvalue weighted by atomic mass is 32.2. The van der Waals surface area contributed by atoms with Crippen LogP contribution in [0.4, 0.5) is 5.69 Å². The number of aromatic nitrogens is 3. The van der Waals surface area contributed by atoms with Crippen LogP contribution in [0.1, 0.15) is 49.3 Å². The van der Waals surface area contributed by atoms with Gasteiger partial charge in [-0.05, 0) is 61.4 Å². The molecule has 33 heavy (non-hydrogen) atoms. The Kier molecular flexibility index (Phi) is 6.90. The van der Waals surface area contributed by atoms with Gasteiger partial charge in [-0.1, -0.05) is 20.3 Å². The Morgan fingerprint density at radius 3 is 2.33 bits per heavy atom. The van der Waals surface area contributed by atoms with E-state index in [0.717, 1.165) is 43.0 Å². The quantitative estimate of drug-likeness (QED) is 0.567. The van der Waals surface area contributed by atoms with Crippen molar-refractivity contribution in [2.45, 2.75) is 51.0 Å². The molecule has 0 saturated carbocycles. The molecule has 1 aromatic heterocycles. The number of carbonyl (C=O) groups is 1. The number of benzene rings is 2. The number of rotatable bonds is 7. The highest BCUT2D eigenvalue weighted by Crippen LogP contribution is 2.24. The van der Waals surface area contributed by atoms with Crippen LogP contribution >= 0.6 is 0 Å². The number of amides is 1. The molecule has 0 saturated heterocycles. The molecule has 1 aliphatic heterocycles. The number of hydrogen-bond donors (Lipinski definition) is 1. The van der Waals surface area contributed by atoms with E-state index < -0.39 is 10.0 Å². The van der Waals surface area contributed by atoms with E-state index in [0.29, 0.717) is 24.3 Å². The Bertz CT molecular complexity index is 1210. The van der Waals surface area contributed by atoms with Crippen molar-refractivity contribution in [3.63, 3.8) is 0 Å². The third-order valence-electron chi connectivity index (χ3n) is 5.97. The van der Waals surface area contributed by atoms with Gasteiger partial charge in [0.05, 0.1) is 4.90 Å². The normalized spacial score (nSPS) is 14.0. The molecule has 174 valence electrons. The van der Waals surface area contributed by atoms with Crippen LogP contribution in [0.5, 0.6) is 0 Å². The van der Waals surface area contributed by atoms with Gasteiger partial charge in [-0.2, -0.15) is 4.31 Å². The van der Waals surface area contributed by atoms with E-state index in [9.17, 15) is 13.2 Å². The van der Waals surface area contributed by atoms with E-state index in [4.69, 9.17) is 0 Å². The number of anilines is 1. The van der Waals surface area contributed by atoms with Crippen LogP contribution in [0.2, 0.25) is 0 Å². The van der Waals surface area contributed by atoms with Gasteiger partial charge in [0.25, 0.3) is 5.91 Å². The van der Waals surface area contributed by atoms with Gasteiger partial charge in [-0.3, -0.25) is 4.79 Å². The zero-order valence-electron chi connectivity index (χ0n) is 19.0. The molecule has 0 bridgehead atoms. The fourth-order valence-electron chi connectivity index (χ4n) is 4.10. The highest BCUT2D eigenvalue weighted by Gasteiger charge is 2.22. The first-order valence-corrected chi connectivity index (χ1v) is 12.8. The molecule has 4 rings (SSSR count). The van der Waals surface area contributed by atoms with Gasteiger partial charge >= 0.3 is 0 Å². The van der Waals surface area contributed by atoms with Crippen LogP contribution in [0.25, 0.3) is 11.4 Å². The molecular weight excluding hydrogens is 438 g/mol. The molecule has 2 aromatic carbocycles. The Hall–Kier alpha value is -3.04. The van der Waals surface area contributed by atoms with Gasteiger partial charge in [0.1, 0.15) is 5.82 Å². The molecule has 1 aliphatic rings. The minimum atomic E-state index is -3.55. The largest absolute Gasteiger partial charge is 0.322 e. The van der Waals surface area contributed by atoms with Gasteiger partial charge in [0.15, 0.2) is 5.82 Å². The van der Waals surface area contributed by atoms with Crippen LogP contribution < -0.4 is 5.32 Å². The number of nitrogens with one attached hydrogen (secondary N) is 1. The molecule has 0 fully saturated rings. The number of sulfonamides is 1. The molecule has 0 unspecified atom stereocenters. The third-order valence-corrected chi connectivity index (χ3v) is 8.03. The lowest BCUT2D eigenvalue weighted by Gasteiger charge is -2.18. The second kappa shape index (κ2) is 9.84. The fourth-order valence-corrected chi connectivity index (χ4v) is 5.55. The third kappa shape index (κ3) is 4.84. The summed E-state index contributed by atoms with van der Waals surface area (Å²) >= 11 is 0. The van der Waals surface area contributed by atoms with E-state index in [2.05, 4.69) is 20.1 Å². The molecule has 0 aliphatic carbocycles. The second-order valence-corrected chi connectivity index (χ2v) is 9.99. The lowest BCUT2D eigenvalue weighted by molar-refractivity contribution is 0.102. The first-order valence-electron chi connectivity index (χ1n) is 11.4. The van der Waals surface area contributed by atoms with Gasteiger partial charge in [-0.25, -0.2) is 8.42 Å². The molecule has 8 nitrogen and oxygen atoms in total. The van der Waals surface area contributed by atoms with Crippen LogP contribution in [-0.4, -0.2) is 46.5 Å².